The van der Waals surface area contributed by atoms with Gasteiger partial charge in [-0.2, -0.15) is 0 Å². The Morgan fingerprint density at radius 3 is 2.26 bits per heavy atom. The van der Waals surface area contributed by atoms with Crippen LogP contribution in [0.2, 0.25) is 0 Å². The Morgan fingerprint density at radius 2 is 1.77 bits per heavy atom. The lowest BCUT2D eigenvalue weighted by Crippen LogP contribution is -2.44. The first-order valence-electron chi connectivity index (χ1n) is 12.5. The van der Waals surface area contributed by atoms with E-state index in [1.807, 2.05) is 72.9 Å². The number of thiocarbonyl (C=S) groups is 1. The highest BCUT2D eigenvalue weighted by Gasteiger charge is 2.39. The summed E-state index contributed by atoms with van der Waals surface area (Å²) in [6.45, 7) is 11.8. The van der Waals surface area contributed by atoms with Gasteiger partial charge in [0.25, 0.3) is 0 Å². The van der Waals surface area contributed by atoms with Crippen molar-refractivity contribution < 1.29 is 14.7 Å². The number of hydrogen-bond donors (Lipinski definition) is 4. The molecule has 1 unspecified atom stereocenters. The summed E-state index contributed by atoms with van der Waals surface area (Å²) in [7, 11) is 1.81. The molecular formula is C28H43N3O3S. The minimum atomic E-state index is -0.509. The van der Waals surface area contributed by atoms with Gasteiger partial charge in [0, 0.05) is 28.5 Å². The molecule has 1 amide bonds. The molecule has 1 aromatic carbocycles. The average Bonchev–Trinajstić information content (AvgIpc) is 3.12. The van der Waals surface area contributed by atoms with Crippen LogP contribution in [0.15, 0.2) is 30.0 Å². The number of ketones is 1. The largest absolute Gasteiger partial charge is 0.402 e. The van der Waals surface area contributed by atoms with Crippen LogP contribution in [0.1, 0.15) is 84.4 Å². The van der Waals surface area contributed by atoms with E-state index in [0.29, 0.717) is 31.4 Å². The Balaban J connectivity index is 2.04. The van der Waals surface area contributed by atoms with Gasteiger partial charge < -0.3 is 21.5 Å². The highest BCUT2D eigenvalue weighted by molar-refractivity contribution is 7.81. The standard InChI is InChI=1S/C28H43N3O3S/c1-16(29)25(18(3)35)20-10-8-19(9-11-20)17(2)31-27(34)23-15-22(32)14-21(23)12-13-24(33)26(30-7)28(4,5)6/h8-11,17,21-23,26,30,32H,12-15,29H2,1-7H3,(H,31,34)/t17-,21?,22-,23+,26+/m0/s1. The number of rotatable bonds is 10. The molecule has 1 aromatic rings. The number of aliphatic hydroxyl groups excluding tert-OH is 1. The molecule has 1 aliphatic rings. The number of benzene rings is 1. The fourth-order valence-corrected chi connectivity index (χ4v) is 5.61. The van der Waals surface area contributed by atoms with E-state index in [4.69, 9.17) is 18.0 Å². The minimum Gasteiger partial charge on any atom is -0.402 e. The van der Waals surface area contributed by atoms with Crippen molar-refractivity contribution in [3.63, 3.8) is 0 Å². The van der Waals surface area contributed by atoms with Gasteiger partial charge in [-0.05, 0) is 69.5 Å². The highest BCUT2D eigenvalue weighted by Crippen LogP contribution is 2.36. The summed E-state index contributed by atoms with van der Waals surface area (Å²) >= 11 is 5.34. The first kappa shape index (κ1) is 29.1. The maximum Gasteiger partial charge on any atom is 0.223 e. The first-order valence-corrected chi connectivity index (χ1v) is 12.9. The van der Waals surface area contributed by atoms with Crippen LogP contribution in [0.5, 0.6) is 0 Å². The molecule has 1 fully saturated rings. The molecule has 0 saturated heterocycles. The zero-order chi connectivity index (χ0) is 26.5. The normalized spacial score (nSPS) is 22.8. The van der Waals surface area contributed by atoms with E-state index in [-0.39, 0.29) is 41.0 Å². The Morgan fingerprint density at radius 1 is 1.17 bits per heavy atom. The van der Waals surface area contributed by atoms with E-state index in [1.165, 1.54) is 0 Å². The van der Waals surface area contributed by atoms with Crippen LogP contribution in [0.3, 0.4) is 0 Å². The zero-order valence-electron chi connectivity index (χ0n) is 22.3. The predicted molar refractivity (Wildman–Crippen MR) is 147 cm³/mol. The van der Waals surface area contributed by atoms with Gasteiger partial charge in [-0.25, -0.2) is 0 Å². The van der Waals surface area contributed by atoms with Gasteiger partial charge in [0.15, 0.2) is 0 Å². The minimum absolute atomic E-state index is 0.00760. The van der Waals surface area contributed by atoms with E-state index >= 15 is 0 Å². The van der Waals surface area contributed by atoms with Crippen molar-refractivity contribution in [2.75, 3.05) is 7.05 Å². The monoisotopic (exact) mass is 501 g/mol. The summed E-state index contributed by atoms with van der Waals surface area (Å²) < 4.78 is 0. The number of hydrogen-bond acceptors (Lipinski definition) is 6. The average molecular weight is 502 g/mol. The van der Waals surface area contributed by atoms with E-state index in [1.54, 1.807) is 0 Å². The summed E-state index contributed by atoms with van der Waals surface area (Å²) in [6, 6.07) is 7.48. The molecule has 5 N–H and O–H groups in total. The number of carbonyl (C=O) groups is 2. The SMILES string of the molecule is CN[C@H](C(=O)CCC1C[C@H](O)C[C@H]1C(=O)N[C@@H](C)c1ccc(C(C(C)=S)=C(C)N)cc1)C(C)(C)C. The number of likely N-dealkylation sites (N-methyl/N-ethyl adjacent to an activating group) is 1. The topological polar surface area (TPSA) is 104 Å². The first-order chi connectivity index (χ1) is 16.3. The molecule has 0 heterocycles. The van der Waals surface area contributed by atoms with Crippen molar-refractivity contribution in [1.29, 1.82) is 0 Å². The van der Waals surface area contributed by atoms with Crippen molar-refractivity contribution in [2.24, 2.45) is 23.0 Å². The van der Waals surface area contributed by atoms with Gasteiger partial charge in [0.2, 0.25) is 5.91 Å². The molecule has 5 atom stereocenters. The maximum atomic E-state index is 13.2. The Labute approximate surface area is 216 Å². The van der Waals surface area contributed by atoms with E-state index in [9.17, 15) is 14.7 Å². The molecule has 0 bridgehead atoms. The molecule has 35 heavy (non-hydrogen) atoms. The van der Waals surface area contributed by atoms with Crippen LogP contribution in [0.25, 0.3) is 5.57 Å². The second kappa shape index (κ2) is 12.2. The Hall–Kier alpha value is -2.09. The molecule has 0 radical (unpaired) electrons. The quantitative estimate of drug-likeness (QED) is 0.281. The van der Waals surface area contributed by atoms with Gasteiger partial charge >= 0.3 is 0 Å². The summed E-state index contributed by atoms with van der Waals surface area (Å²) in [5, 5.41) is 16.5. The van der Waals surface area contributed by atoms with Gasteiger partial charge in [-0.3, -0.25) is 9.59 Å². The van der Waals surface area contributed by atoms with Crippen molar-refractivity contribution in [2.45, 2.75) is 85.4 Å². The molecule has 0 aliphatic heterocycles. The van der Waals surface area contributed by atoms with Crippen LogP contribution in [-0.4, -0.2) is 40.9 Å². The molecule has 0 spiro atoms. The van der Waals surface area contributed by atoms with Gasteiger partial charge in [-0.15, -0.1) is 0 Å². The third-order valence-electron chi connectivity index (χ3n) is 7.05. The molecule has 7 heteroatoms. The fraction of sp³-hybridized carbons (Fsp3) is 0.607. The molecule has 2 rings (SSSR count). The number of carbonyl (C=O) groups excluding carboxylic acids is 2. The summed E-state index contributed by atoms with van der Waals surface area (Å²) in [5.74, 6) is -0.215. The third kappa shape index (κ3) is 7.69. The molecule has 0 aromatic heterocycles. The van der Waals surface area contributed by atoms with E-state index in [2.05, 4.69) is 10.6 Å². The van der Waals surface area contributed by atoms with Crippen molar-refractivity contribution >= 4 is 34.3 Å². The summed E-state index contributed by atoms with van der Waals surface area (Å²) in [5.41, 5.74) is 9.31. The third-order valence-corrected chi connectivity index (χ3v) is 7.25. The fourth-order valence-electron chi connectivity index (χ4n) is 5.34. The second-order valence-electron chi connectivity index (χ2n) is 11.1. The van der Waals surface area contributed by atoms with Crippen molar-refractivity contribution in [3.8, 4) is 0 Å². The van der Waals surface area contributed by atoms with Gasteiger partial charge in [0.1, 0.15) is 5.78 Å². The number of Topliss-reactive ketones (excluding diaryl/α,β-unsaturated/α-hetero) is 1. The van der Waals surface area contributed by atoms with Crippen LogP contribution in [0.4, 0.5) is 0 Å². The maximum absolute atomic E-state index is 13.2. The lowest BCUT2D eigenvalue weighted by atomic mass is 9.81. The van der Waals surface area contributed by atoms with Gasteiger partial charge in [-0.1, -0.05) is 57.3 Å². The highest BCUT2D eigenvalue weighted by atomic mass is 32.1. The van der Waals surface area contributed by atoms with Crippen LogP contribution < -0.4 is 16.4 Å². The smallest absolute Gasteiger partial charge is 0.223 e. The van der Waals surface area contributed by atoms with E-state index in [0.717, 1.165) is 21.6 Å². The number of amides is 1. The number of allylic oxidation sites excluding steroid dienone is 2. The van der Waals surface area contributed by atoms with Crippen LogP contribution >= 0.6 is 12.2 Å². The Kier molecular flexibility index (Phi) is 10.2. The number of nitrogens with one attached hydrogen (secondary N) is 2. The lowest BCUT2D eigenvalue weighted by Gasteiger charge is -2.29. The zero-order valence-corrected chi connectivity index (χ0v) is 23.1. The Bertz CT molecular complexity index is 945. The molecular weight excluding hydrogens is 458 g/mol. The van der Waals surface area contributed by atoms with Crippen LogP contribution in [0, 0.1) is 17.3 Å². The van der Waals surface area contributed by atoms with Gasteiger partial charge in [0.05, 0.1) is 18.2 Å². The number of nitrogens with two attached hydrogens (primary N) is 1. The molecule has 6 nitrogen and oxygen atoms in total. The molecule has 194 valence electrons. The van der Waals surface area contributed by atoms with E-state index < -0.39 is 6.10 Å². The molecule has 1 saturated carbocycles. The van der Waals surface area contributed by atoms with Crippen molar-refractivity contribution in [3.05, 3.63) is 41.1 Å². The summed E-state index contributed by atoms with van der Waals surface area (Å²) in [4.78, 5) is 26.7. The summed E-state index contributed by atoms with van der Waals surface area (Å²) in [6.07, 6.45) is 1.49. The molecule has 1 aliphatic carbocycles. The lowest BCUT2D eigenvalue weighted by molar-refractivity contribution is -0.128. The van der Waals surface area contributed by atoms with Crippen LogP contribution in [-0.2, 0) is 9.59 Å². The van der Waals surface area contributed by atoms with Crippen molar-refractivity contribution in [1.82, 2.24) is 10.6 Å². The second-order valence-corrected chi connectivity index (χ2v) is 11.7. The predicted octanol–water partition coefficient (Wildman–Crippen LogP) is 4.31. The number of aliphatic hydroxyl groups is 1.